The molecule has 0 aliphatic rings. The second-order valence-electron chi connectivity index (χ2n) is 5.89. The third kappa shape index (κ3) is 4.42. The standard InChI is InChI=1S/C19H20N4OS/c1-14-6-5-9-16(12-14)18-21-22-19(25)23(18)13-17(24)20-11-10-15-7-3-2-4-8-15/h2-9,12H,10-11,13H2,1H3,(H,20,24)(H,22,25). The van der Waals surface area contributed by atoms with Crippen LogP contribution in [0.4, 0.5) is 0 Å². The molecule has 0 unspecified atom stereocenters. The Kier molecular flexibility index (Phi) is 5.40. The van der Waals surface area contributed by atoms with Gasteiger partial charge in [0.2, 0.25) is 5.91 Å². The maximum absolute atomic E-state index is 12.3. The lowest BCUT2D eigenvalue weighted by molar-refractivity contribution is -0.121. The van der Waals surface area contributed by atoms with Crippen LogP contribution in [0.2, 0.25) is 0 Å². The Hall–Kier alpha value is -2.73. The van der Waals surface area contributed by atoms with E-state index in [0.717, 1.165) is 17.5 Å². The van der Waals surface area contributed by atoms with Crippen molar-refractivity contribution in [2.45, 2.75) is 19.9 Å². The topological polar surface area (TPSA) is 62.7 Å². The normalized spacial score (nSPS) is 10.6. The molecule has 0 aliphatic carbocycles. The maximum atomic E-state index is 12.3. The van der Waals surface area contributed by atoms with Gasteiger partial charge in [-0.2, -0.15) is 5.10 Å². The zero-order chi connectivity index (χ0) is 17.6. The Morgan fingerprint density at radius 2 is 2.00 bits per heavy atom. The molecule has 0 saturated carbocycles. The summed E-state index contributed by atoms with van der Waals surface area (Å²) in [5, 5.41) is 9.99. The molecule has 2 aromatic carbocycles. The molecule has 1 aromatic heterocycles. The number of hydrogen-bond acceptors (Lipinski definition) is 3. The summed E-state index contributed by atoms with van der Waals surface area (Å²) in [6.45, 7) is 2.76. The summed E-state index contributed by atoms with van der Waals surface area (Å²) < 4.78 is 2.16. The number of benzene rings is 2. The minimum atomic E-state index is -0.0812. The first-order valence-corrected chi connectivity index (χ1v) is 8.57. The third-order valence-corrected chi connectivity index (χ3v) is 4.23. The van der Waals surface area contributed by atoms with Crippen LogP contribution >= 0.6 is 12.2 Å². The first kappa shape index (κ1) is 17.1. The van der Waals surface area contributed by atoms with Gasteiger partial charge >= 0.3 is 0 Å². The van der Waals surface area contributed by atoms with Crippen molar-refractivity contribution >= 4 is 18.1 Å². The Morgan fingerprint density at radius 1 is 1.20 bits per heavy atom. The lowest BCUT2D eigenvalue weighted by Crippen LogP contribution is -2.29. The number of nitrogens with zero attached hydrogens (tertiary/aromatic N) is 2. The SMILES string of the molecule is Cc1cccc(-c2n[nH]c(=S)n2CC(=O)NCCc2ccccc2)c1. The van der Waals surface area contributed by atoms with E-state index in [1.807, 2.05) is 61.5 Å². The van der Waals surface area contributed by atoms with Crippen LogP contribution in [0.15, 0.2) is 54.6 Å². The van der Waals surface area contributed by atoms with Crippen molar-refractivity contribution in [3.8, 4) is 11.4 Å². The Morgan fingerprint density at radius 3 is 2.76 bits per heavy atom. The van der Waals surface area contributed by atoms with Gasteiger partial charge in [-0.15, -0.1) is 0 Å². The highest BCUT2D eigenvalue weighted by molar-refractivity contribution is 7.71. The van der Waals surface area contributed by atoms with Crippen LogP contribution in [0.3, 0.4) is 0 Å². The summed E-state index contributed by atoms with van der Waals surface area (Å²) in [6.07, 6.45) is 0.800. The monoisotopic (exact) mass is 352 g/mol. The van der Waals surface area contributed by atoms with Crippen LogP contribution in [0.25, 0.3) is 11.4 Å². The average molecular weight is 352 g/mol. The van der Waals surface area contributed by atoms with E-state index in [1.165, 1.54) is 5.56 Å². The number of aromatic amines is 1. The molecule has 1 amide bonds. The van der Waals surface area contributed by atoms with E-state index in [-0.39, 0.29) is 12.5 Å². The lowest BCUT2D eigenvalue weighted by Gasteiger charge is -2.09. The predicted octanol–water partition coefficient (Wildman–Crippen LogP) is 3.28. The number of aryl methyl sites for hydroxylation is 1. The van der Waals surface area contributed by atoms with E-state index < -0.39 is 0 Å². The van der Waals surface area contributed by atoms with E-state index in [0.29, 0.717) is 17.1 Å². The molecule has 25 heavy (non-hydrogen) atoms. The van der Waals surface area contributed by atoms with Crippen LogP contribution < -0.4 is 5.32 Å². The molecule has 0 bridgehead atoms. The van der Waals surface area contributed by atoms with Crippen molar-refractivity contribution in [2.75, 3.05) is 6.54 Å². The highest BCUT2D eigenvalue weighted by atomic mass is 32.1. The largest absolute Gasteiger partial charge is 0.354 e. The van der Waals surface area contributed by atoms with Crippen LogP contribution in [0.5, 0.6) is 0 Å². The van der Waals surface area contributed by atoms with Crippen LogP contribution in [0, 0.1) is 11.7 Å². The molecule has 0 radical (unpaired) electrons. The van der Waals surface area contributed by atoms with Gasteiger partial charge in [-0.25, -0.2) is 0 Å². The lowest BCUT2D eigenvalue weighted by atomic mass is 10.1. The molecule has 0 saturated heterocycles. The number of amides is 1. The van der Waals surface area contributed by atoms with Crippen molar-refractivity contribution in [2.24, 2.45) is 0 Å². The zero-order valence-electron chi connectivity index (χ0n) is 14.0. The second-order valence-corrected chi connectivity index (χ2v) is 6.28. The molecule has 2 N–H and O–H groups in total. The van der Waals surface area contributed by atoms with E-state index in [9.17, 15) is 4.79 Å². The first-order chi connectivity index (χ1) is 12.1. The molecular weight excluding hydrogens is 332 g/mol. The van der Waals surface area contributed by atoms with Gasteiger partial charge in [-0.1, -0.05) is 54.1 Å². The van der Waals surface area contributed by atoms with Crippen molar-refractivity contribution in [3.63, 3.8) is 0 Å². The van der Waals surface area contributed by atoms with Crippen molar-refractivity contribution < 1.29 is 4.79 Å². The van der Waals surface area contributed by atoms with E-state index in [1.54, 1.807) is 4.57 Å². The summed E-state index contributed by atoms with van der Waals surface area (Å²) >= 11 is 5.28. The minimum absolute atomic E-state index is 0.0812. The quantitative estimate of drug-likeness (QED) is 0.669. The molecule has 128 valence electrons. The highest BCUT2D eigenvalue weighted by Gasteiger charge is 2.12. The molecule has 0 spiro atoms. The number of carbonyl (C=O) groups is 1. The zero-order valence-corrected chi connectivity index (χ0v) is 14.8. The van der Waals surface area contributed by atoms with Gasteiger partial charge in [0.15, 0.2) is 10.6 Å². The molecule has 0 aliphatic heterocycles. The average Bonchev–Trinajstić information content (AvgIpc) is 2.96. The number of carbonyl (C=O) groups excluding carboxylic acids is 1. The number of rotatable bonds is 6. The Bertz CT molecular complexity index is 914. The van der Waals surface area contributed by atoms with Crippen molar-refractivity contribution in [1.82, 2.24) is 20.1 Å². The van der Waals surface area contributed by atoms with Gasteiger partial charge in [-0.3, -0.25) is 14.5 Å². The van der Waals surface area contributed by atoms with Gasteiger partial charge in [-0.05, 0) is 37.2 Å². The molecule has 6 heteroatoms. The number of aromatic nitrogens is 3. The minimum Gasteiger partial charge on any atom is -0.354 e. The predicted molar refractivity (Wildman–Crippen MR) is 101 cm³/mol. The van der Waals surface area contributed by atoms with Gasteiger partial charge in [0.25, 0.3) is 0 Å². The van der Waals surface area contributed by atoms with Crippen LogP contribution in [0.1, 0.15) is 11.1 Å². The number of nitrogens with one attached hydrogen (secondary N) is 2. The van der Waals surface area contributed by atoms with Gasteiger partial charge in [0, 0.05) is 12.1 Å². The molecular formula is C19H20N4OS. The smallest absolute Gasteiger partial charge is 0.240 e. The summed E-state index contributed by atoms with van der Waals surface area (Å²) in [7, 11) is 0. The fourth-order valence-electron chi connectivity index (χ4n) is 2.66. The Balaban J connectivity index is 1.65. The van der Waals surface area contributed by atoms with Crippen molar-refractivity contribution in [3.05, 3.63) is 70.5 Å². The van der Waals surface area contributed by atoms with Crippen LogP contribution in [-0.4, -0.2) is 27.2 Å². The first-order valence-electron chi connectivity index (χ1n) is 8.16. The molecule has 5 nitrogen and oxygen atoms in total. The molecule has 0 atom stereocenters. The fourth-order valence-corrected chi connectivity index (χ4v) is 2.86. The summed E-state index contributed by atoms with van der Waals surface area (Å²) in [6, 6.07) is 18.0. The summed E-state index contributed by atoms with van der Waals surface area (Å²) in [5.74, 6) is 0.592. The number of hydrogen-bond donors (Lipinski definition) is 2. The van der Waals surface area contributed by atoms with Gasteiger partial charge in [0.05, 0.1) is 0 Å². The Labute approximate surface area is 151 Å². The third-order valence-electron chi connectivity index (χ3n) is 3.91. The molecule has 3 aromatic rings. The molecule has 3 rings (SSSR count). The summed E-state index contributed by atoms with van der Waals surface area (Å²) in [5.41, 5.74) is 3.26. The summed E-state index contributed by atoms with van der Waals surface area (Å²) in [4.78, 5) is 12.3. The molecule has 1 heterocycles. The number of H-pyrrole nitrogens is 1. The van der Waals surface area contributed by atoms with Gasteiger partial charge < -0.3 is 5.32 Å². The van der Waals surface area contributed by atoms with E-state index in [2.05, 4.69) is 15.5 Å². The maximum Gasteiger partial charge on any atom is 0.240 e. The highest BCUT2D eigenvalue weighted by Crippen LogP contribution is 2.18. The van der Waals surface area contributed by atoms with E-state index >= 15 is 0 Å². The van der Waals surface area contributed by atoms with E-state index in [4.69, 9.17) is 12.2 Å². The molecule has 0 fully saturated rings. The fraction of sp³-hybridized carbons (Fsp3) is 0.211. The second kappa shape index (κ2) is 7.90. The van der Waals surface area contributed by atoms with Crippen LogP contribution in [-0.2, 0) is 17.8 Å². The van der Waals surface area contributed by atoms with Gasteiger partial charge in [0.1, 0.15) is 6.54 Å². The van der Waals surface area contributed by atoms with Crippen molar-refractivity contribution in [1.29, 1.82) is 0 Å².